The molecule has 0 amide bonds. The molecule has 0 radical (unpaired) electrons. The van der Waals surface area contributed by atoms with Gasteiger partial charge >= 0.3 is 0 Å². The van der Waals surface area contributed by atoms with Crippen LogP contribution in [0.4, 0.5) is 5.69 Å². The summed E-state index contributed by atoms with van der Waals surface area (Å²) in [5.74, 6) is 0. The summed E-state index contributed by atoms with van der Waals surface area (Å²) in [4.78, 5) is 14.5. The second-order valence-corrected chi connectivity index (χ2v) is 2.87. The molecule has 0 N–H and O–H groups in total. The first-order chi connectivity index (χ1) is 6.24. The first-order valence-electron chi connectivity index (χ1n) is 4.16. The van der Waals surface area contributed by atoms with Gasteiger partial charge in [0.25, 0.3) is 0 Å². The Hall–Kier alpha value is -1.51. The van der Waals surface area contributed by atoms with Gasteiger partial charge in [0.2, 0.25) is 0 Å². The van der Waals surface area contributed by atoms with E-state index >= 15 is 0 Å². The number of aliphatic imine (C=N–C) groups is 1. The lowest BCUT2D eigenvalue weighted by molar-refractivity contribution is 0.956. The molecule has 0 aliphatic rings. The number of rotatable bonds is 3. The number of hydrogen-bond donors (Lipinski definition) is 0. The second-order valence-electron chi connectivity index (χ2n) is 2.87. The topological polar surface area (TPSA) is 41.8 Å². The first kappa shape index (κ1) is 9.58. The average Bonchev–Trinajstić information content (AvgIpc) is 2.18. The zero-order valence-electron chi connectivity index (χ0n) is 7.77. The minimum atomic E-state index is -0.347. The third-order valence-electron chi connectivity index (χ3n) is 1.82. The molecule has 13 heavy (non-hydrogen) atoms. The van der Waals surface area contributed by atoms with Crippen molar-refractivity contribution < 1.29 is 0 Å². The Morgan fingerprint density at radius 3 is 2.46 bits per heavy atom. The molecule has 1 atom stereocenters. The van der Waals surface area contributed by atoms with Gasteiger partial charge in [-0.3, -0.25) is 4.99 Å². The first-order valence-corrected chi connectivity index (χ1v) is 4.16. The molecule has 0 aliphatic carbocycles. The molecule has 3 heteroatoms. The lowest BCUT2D eigenvalue weighted by atomic mass is 10.2. The maximum absolute atomic E-state index is 10.2. The largest absolute Gasteiger partial charge is 0.256 e. The van der Waals surface area contributed by atoms with Crippen LogP contribution in [0.5, 0.6) is 0 Å². The minimum absolute atomic E-state index is 0.347. The molecule has 3 nitrogen and oxygen atoms in total. The van der Waals surface area contributed by atoms with Gasteiger partial charge in [-0.25, -0.2) is 0 Å². The molecule has 68 valence electrons. The van der Waals surface area contributed by atoms with Crippen LogP contribution in [0.15, 0.2) is 40.5 Å². The normalized spacial score (nSPS) is 13.8. The average molecular weight is 176 g/mol. The van der Waals surface area contributed by atoms with E-state index in [1.807, 2.05) is 30.3 Å². The Morgan fingerprint density at radius 2 is 1.92 bits per heavy atom. The zero-order valence-corrected chi connectivity index (χ0v) is 7.77. The van der Waals surface area contributed by atoms with Crippen LogP contribution in [0.25, 0.3) is 0 Å². The fourth-order valence-corrected chi connectivity index (χ4v) is 0.876. The molecule has 1 aromatic rings. The fourth-order valence-electron chi connectivity index (χ4n) is 0.876. The smallest absolute Gasteiger partial charge is 0.127 e. The van der Waals surface area contributed by atoms with Gasteiger partial charge in [-0.1, -0.05) is 23.4 Å². The van der Waals surface area contributed by atoms with E-state index in [1.54, 1.807) is 13.8 Å². The molecule has 1 unspecified atom stereocenters. The number of para-hydroxylation sites is 1. The molecule has 0 saturated carbocycles. The van der Waals surface area contributed by atoms with Crippen LogP contribution in [0.2, 0.25) is 0 Å². The Bertz CT molecular complexity index is 306. The van der Waals surface area contributed by atoms with Crippen LogP contribution in [-0.4, -0.2) is 11.8 Å². The van der Waals surface area contributed by atoms with Crippen molar-refractivity contribution in [2.75, 3.05) is 0 Å². The maximum atomic E-state index is 10.2. The van der Waals surface area contributed by atoms with E-state index in [4.69, 9.17) is 0 Å². The Morgan fingerprint density at radius 1 is 1.31 bits per heavy atom. The summed E-state index contributed by atoms with van der Waals surface area (Å²) in [5, 5.41) is 2.90. The third kappa shape index (κ3) is 2.78. The van der Waals surface area contributed by atoms with Crippen molar-refractivity contribution in [3.63, 3.8) is 0 Å². The number of nitrogens with zero attached hydrogens (tertiary/aromatic N) is 2. The number of nitroso groups, excluding NO2 is 1. The molecule has 0 spiro atoms. The van der Waals surface area contributed by atoms with Crippen molar-refractivity contribution in [2.45, 2.75) is 19.9 Å². The quantitative estimate of drug-likeness (QED) is 0.515. The van der Waals surface area contributed by atoms with Crippen molar-refractivity contribution >= 4 is 11.4 Å². The monoisotopic (exact) mass is 176 g/mol. The van der Waals surface area contributed by atoms with Crippen LogP contribution in [0.1, 0.15) is 13.8 Å². The third-order valence-corrected chi connectivity index (χ3v) is 1.82. The van der Waals surface area contributed by atoms with Gasteiger partial charge in [-0.2, -0.15) is 4.91 Å². The summed E-state index contributed by atoms with van der Waals surface area (Å²) in [6, 6.07) is 9.17. The maximum Gasteiger partial charge on any atom is 0.127 e. The molecule has 0 aliphatic heterocycles. The highest BCUT2D eigenvalue weighted by atomic mass is 16.3. The van der Waals surface area contributed by atoms with E-state index in [2.05, 4.69) is 10.2 Å². The summed E-state index contributed by atoms with van der Waals surface area (Å²) < 4.78 is 0. The summed E-state index contributed by atoms with van der Waals surface area (Å²) in [6.45, 7) is 3.54. The predicted molar refractivity (Wildman–Crippen MR) is 54.5 cm³/mol. The molecule has 0 heterocycles. The van der Waals surface area contributed by atoms with E-state index in [0.717, 1.165) is 11.4 Å². The summed E-state index contributed by atoms with van der Waals surface area (Å²) in [6.07, 6.45) is 0. The van der Waals surface area contributed by atoms with Crippen LogP contribution in [0.3, 0.4) is 0 Å². The summed E-state index contributed by atoms with van der Waals surface area (Å²) in [7, 11) is 0. The van der Waals surface area contributed by atoms with E-state index in [9.17, 15) is 4.91 Å². The lowest BCUT2D eigenvalue weighted by Crippen LogP contribution is -2.08. The summed E-state index contributed by atoms with van der Waals surface area (Å²) in [5.41, 5.74) is 1.59. The van der Waals surface area contributed by atoms with E-state index in [1.165, 1.54) is 0 Å². The highest BCUT2D eigenvalue weighted by Crippen LogP contribution is 2.11. The Kier molecular flexibility index (Phi) is 3.31. The van der Waals surface area contributed by atoms with Crippen LogP contribution < -0.4 is 0 Å². The van der Waals surface area contributed by atoms with Crippen LogP contribution in [0, 0.1) is 4.91 Å². The molecule has 1 aromatic carbocycles. The molecule has 0 bridgehead atoms. The fraction of sp³-hybridized carbons (Fsp3) is 0.300. The highest BCUT2D eigenvalue weighted by Gasteiger charge is 2.03. The van der Waals surface area contributed by atoms with Gasteiger partial charge in [-0.15, -0.1) is 0 Å². The Balaban J connectivity index is 2.82. The second kappa shape index (κ2) is 4.50. The number of hydrogen-bond acceptors (Lipinski definition) is 3. The predicted octanol–water partition coefficient (Wildman–Crippen LogP) is 2.93. The van der Waals surface area contributed by atoms with Crippen molar-refractivity contribution in [2.24, 2.45) is 10.2 Å². The molecule has 0 aromatic heterocycles. The summed E-state index contributed by atoms with van der Waals surface area (Å²) >= 11 is 0. The van der Waals surface area contributed by atoms with Crippen molar-refractivity contribution in [1.29, 1.82) is 0 Å². The zero-order chi connectivity index (χ0) is 9.68. The van der Waals surface area contributed by atoms with Crippen molar-refractivity contribution in [3.05, 3.63) is 35.2 Å². The lowest BCUT2D eigenvalue weighted by Gasteiger charge is -2.00. The van der Waals surface area contributed by atoms with E-state index in [-0.39, 0.29) is 6.04 Å². The molecule has 0 fully saturated rings. The molecular weight excluding hydrogens is 164 g/mol. The van der Waals surface area contributed by atoms with Crippen molar-refractivity contribution in [3.8, 4) is 0 Å². The van der Waals surface area contributed by atoms with Crippen LogP contribution in [-0.2, 0) is 0 Å². The van der Waals surface area contributed by atoms with Gasteiger partial charge in [0.15, 0.2) is 0 Å². The van der Waals surface area contributed by atoms with Gasteiger partial charge in [0, 0.05) is 5.71 Å². The van der Waals surface area contributed by atoms with Gasteiger partial charge in [-0.05, 0) is 26.0 Å². The van der Waals surface area contributed by atoms with E-state index in [0.29, 0.717) is 0 Å². The number of benzene rings is 1. The SMILES string of the molecule is CC(=Nc1ccccc1)C(C)N=O. The van der Waals surface area contributed by atoms with Crippen LogP contribution >= 0.6 is 0 Å². The highest BCUT2D eigenvalue weighted by molar-refractivity contribution is 5.89. The Labute approximate surface area is 77.5 Å². The minimum Gasteiger partial charge on any atom is -0.256 e. The molecule has 0 saturated heterocycles. The molecule has 1 rings (SSSR count). The van der Waals surface area contributed by atoms with Gasteiger partial charge < -0.3 is 0 Å². The molecular formula is C10H12N2O. The van der Waals surface area contributed by atoms with Crippen molar-refractivity contribution in [1.82, 2.24) is 0 Å². The van der Waals surface area contributed by atoms with Gasteiger partial charge in [0.05, 0.1) is 5.69 Å². The standard InChI is InChI=1S/C10H12N2O/c1-8(9(2)12-13)11-10-6-4-3-5-7-10/h3-7,9H,1-2H3. The van der Waals surface area contributed by atoms with E-state index < -0.39 is 0 Å². The van der Waals surface area contributed by atoms with Gasteiger partial charge in [0.1, 0.15) is 6.04 Å².